The van der Waals surface area contributed by atoms with E-state index in [1.165, 1.54) is 2.88 Å². The summed E-state index contributed by atoms with van der Waals surface area (Å²) < 4.78 is 18.2. The number of aliphatic carboxylic acids is 1. The van der Waals surface area contributed by atoms with Gasteiger partial charge in [0.1, 0.15) is 11.5 Å². The first-order valence-corrected chi connectivity index (χ1v) is 17.0. The SMILES string of the molecule is [NH3+][C@H](COc1cc(-c2cccs2)sc1-c1ccc(-c2sc(-c3ccc(I)s3)cc2OC[C@H]([NH3+])C(=O)O)s1)OC=O. The first-order chi connectivity index (χ1) is 19.3. The molecule has 7 N–H and O–H groups in total. The fourth-order valence-electron chi connectivity index (χ4n) is 3.56. The lowest BCUT2D eigenvalue weighted by Crippen LogP contribution is -2.67. The topological polar surface area (TPSA) is 137 Å². The molecule has 0 aliphatic heterocycles. The molecular formula is C26H23IN2O6S5+2. The zero-order chi connectivity index (χ0) is 28.2. The quantitative estimate of drug-likeness (QED) is 0.0832. The van der Waals surface area contributed by atoms with Gasteiger partial charge in [0.15, 0.2) is 13.2 Å². The summed E-state index contributed by atoms with van der Waals surface area (Å²) in [6, 6.07) is 15.4. The van der Waals surface area contributed by atoms with Crippen LogP contribution < -0.4 is 20.9 Å². The van der Waals surface area contributed by atoms with Crippen molar-refractivity contribution >= 4 is 91.7 Å². The highest BCUT2D eigenvalue weighted by atomic mass is 127. The number of carbonyl (C=O) groups is 2. The highest BCUT2D eigenvalue weighted by Crippen LogP contribution is 2.51. The maximum Gasteiger partial charge on any atom is 0.366 e. The second-order valence-electron chi connectivity index (χ2n) is 8.36. The largest absolute Gasteiger partial charge is 0.485 e. The summed E-state index contributed by atoms with van der Waals surface area (Å²) in [6.07, 6.45) is -0.624. The number of halogens is 1. The van der Waals surface area contributed by atoms with E-state index in [9.17, 15) is 14.7 Å². The van der Waals surface area contributed by atoms with Crippen molar-refractivity contribution in [1.82, 2.24) is 0 Å². The Labute approximate surface area is 262 Å². The molecule has 0 aromatic carbocycles. The van der Waals surface area contributed by atoms with Gasteiger partial charge in [0, 0.05) is 41.4 Å². The van der Waals surface area contributed by atoms with Crippen LogP contribution in [-0.2, 0) is 14.3 Å². The normalized spacial score (nSPS) is 12.7. The Hall–Kier alpha value is -2.31. The van der Waals surface area contributed by atoms with Crippen molar-refractivity contribution in [3.63, 3.8) is 0 Å². The molecule has 5 aromatic heterocycles. The molecule has 0 unspecified atom stereocenters. The van der Waals surface area contributed by atoms with Crippen LogP contribution in [0.3, 0.4) is 0 Å². The van der Waals surface area contributed by atoms with Crippen LogP contribution in [0.1, 0.15) is 0 Å². The molecule has 0 saturated carbocycles. The van der Waals surface area contributed by atoms with Crippen LogP contribution in [0.5, 0.6) is 11.5 Å². The molecule has 0 fully saturated rings. The molecule has 0 aliphatic carbocycles. The summed E-state index contributed by atoms with van der Waals surface area (Å²) in [7, 11) is 0. The molecule has 0 amide bonds. The molecule has 8 nitrogen and oxygen atoms in total. The molecule has 14 heteroatoms. The van der Waals surface area contributed by atoms with Crippen LogP contribution in [-0.4, -0.2) is 43.0 Å². The fraction of sp³-hybridized carbons (Fsp3) is 0.154. The van der Waals surface area contributed by atoms with E-state index in [4.69, 9.17) is 14.2 Å². The lowest BCUT2D eigenvalue weighted by Gasteiger charge is -2.09. The molecule has 5 heterocycles. The lowest BCUT2D eigenvalue weighted by atomic mass is 10.3. The smallest absolute Gasteiger partial charge is 0.366 e. The van der Waals surface area contributed by atoms with Crippen molar-refractivity contribution in [2.45, 2.75) is 12.3 Å². The Morgan fingerprint density at radius 3 is 2.02 bits per heavy atom. The predicted octanol–water partition coefficient (Wildman–Crippen LogP) is 5.46. The number of thiophene rings is 5. The number of hydrogen-bond donors (Lipinski definition) is 3. The van der Waals surface area contributed by atoms with Crippen LogP contribution >= 0.6 is 79.3 Å². The molecule has 0 radical (unpaired) electrons. The van der Waals surface area contributed by atoms with Crippen molar-refractivity contribution in [1.29, 1.82) is 0 Å². The van der Waals surface area contributed by atoms with Gasteiger partial charge in [-0.1, -0.05) is 6.07 Å². The highest BCUT2D eigenvalue weighted by Gasteiger charge is 2.23. The number of ether oxygens (including phenoxy) is 3. The molecule has 0 bridgehead atoms. The van der Waals surface area contributed by atoms with Crippen molar-refractivity contribution < 1.29 is 40.4 Å². The van der Waals surface area contributed by atoms with E-state index in [0.29, 0.717) is 18.0 Å². The standard InChI is InChI=1S/C26H21IN2O6S5/c27-22-6-5-17(38-22)21-9-14(33-10-13(28)26(31)32)24(40-21)18-3-4-19(37-18)25-15(34-11-23(29)35-12-30)8-20(39-25)16-2-1-7-36-16/h1-9,12-13,23H,10-11,28-29H2,(H,31,32)/p+2/t13-,23-/m0/s1. The maximum atomic E-state index is 11.3. The van der Waals surface area contributed by atoms with Gasteiger partial charge < -0.3 is 30.8 Å². The highest BCUT2D eigenvalue weighted by molar-refractivity contribution is 14.1. The van der Waals surface area contributed by atoms with Gasteiger partial charge in [-0.05, 0) is 58.3 Å². The van der Waals surface area contributed by atoms with E-state index in [1.54, 1.807) is 56.7 Å². The fourth-order valence-corrected chi connectivity index (χ4v) is 9.53. The summed E-state index contributed by atoms with van der Waals surface area (Å²) in [5, 5.41) is 11.3. The monoisotopic (exact) mass is 746 g/mol. The van der Waals surface area contributed by atoms with Crippen LogP contribution in [0.15, 0.2) is 53.9 Å². The minimum Gasteiger partial charge on any atom is -0.485 e. The van der Waals surface area contributed by atoms with E-state index >= 15 is 0 Å². The molecule has 0 spiro atoms. The number of hydrogen-bond acceptors (Lipinski definition) is 10. The Balaban J connectivity index is 1.49. The lowest BCUT2D eigenvalue weighted by molar-refractivity contribution is -0.482. The van der Waals surface area contributed by atoms with Crippen LogP contribution in [0.4, 0.5) is 0 Å². The van der Waals surface area contributed by atoms with Crippen molar-refractivity contribution in [3.05, 3.63) is 56.8 Å². The number of carboxylic acids is 1. The summed E-state index contributed by atoms with van der Waals surface area (Å²) in [5.74, 6) is 0.334. The van der Waals surface area contributed by atoms with Gasteiger partial charge in [-0.25, -0.2) is 4.79 Å². The van der Waals surface area contributed by atoms with Gasteiger partial charge in [0.05, 0.1) is 12.6 Å². The van der Waals surface area contributed by atoms with Gasteiger partial charge in [-0.15, -0.1) is 56.7 Å². The van der Waals surface area contributed by atoms with E-state index in [0.717, 1.165) is 39.0 Å². The summed E-state index contributed by atoms with van der Waals surface area (Å²) in [5.41, 5.74) is 7.48. The number of carbonyl (C=O) groups excluding carboxylic acids is 1. The minimum absolute atomic E-state index is 0.0269. The third-order valence-corrected chi connectivity index (χ3v) is 12.3. The molecule has 208 valence electrons. The second-order valence-corrected chi connectivity index (χ2v) is 15.5. The van der Waals surface area contributed by atoms with E-state index in [1.807, 2.05) is 29.6 Å². The predicted molar refractivity (Wildman–Crippen MR) is 169 cm³/mol. The maximum absolute atomic E-state index is 11.3. The number of quaternary nitrogens is 2. The average molecular weight is 747 g/mol. The van der Waals surface area contributed by atoms with Crippen LogP contribution in [0.25, 0.3) is 39.0 Å². The summed E-state index contributed by atoms with van der Waals surface area (Å²) >= 11 is 10.5. The Morgan fingerprint density at radius 2 is 1.48 bits per heavy atom. The first-order valence-electron chi connectivity index (χ1n) is 11.7. The summed E-state index contributed by atoms with van der Waals surface area (Å²) in [4.78, 5) is 30.4. The molecule has 0 saturated heterocycles. The van der Waals surface area contributed by atoms with E-state index in [-0.39, 0.29) is 13.2 Å². The molecular weight excluding hydrogens is 724 g/mol. The van der Waals surface area contributed by atoms with Crippen molar-refractivity contribution in [2.24, 2.45) is 0 Å². The Kier molecular flexibility index (Phi) is 9.57. The number of rotatable bonds is 13. The Morgan fingerprint density at radius 1 is 0.850 bits per heavy atom. The minimum atomic E-state index is -1.00. The zero-order valence-electron chi connectivity index (χ0n) is 20.7. The summed E-state index contributed by atoms with van der Waals surface area (Å²) in [6.45, 7) is 0.477. The molecule has 2 atom stereocenters. The molecule has 5 rings (SSSR count). The van der Waals surface area contributed by atoms with Crippen LogP contribution in [0.2, 0.25) is 0 Å². The van der Waals surface area contributed by atoms with Crippen LogP contribution in [0, 0.1) is 2.88 Å². The average Bonchev–Trinajstić information content (AvgIpc) is 3.75. The van der Waals surface area contributed by atoms with Gasteiger partial charge >= 0.3 is 5.97 Å². The molecule has 40 heavy (non-hydrogen) atoms. The van der Waals surface area contributed by atoms with Crippen molar-refractivity contribution in [2.75, 3.05) is 13.2 Å². The zero-order valence-corrected chi connectivity index (χ0v) is 26.9. The van der Waals surface area contributed by atoms with Gasteiger partial charge in [0.2, 0.25) is 6.04 Å². The van der Waals surface area contributed by atoms with E-state index < -0.39 is 18.2 Å². The first kappa shape index (κ1) is 29.2. The Bertz CT molecular complexity index is 1600. The van der Waals surface area contributed by atoms with Crippen molar-refractivity contribution in [3.8, 4) is 50.5 Å². The third-order valence-electron chi connectivity index (χ3n) is 5.49. The van der Waals surface area contributed by atoms with Gasteiger partial charge in [-0.2, -0.15) is 0 Å². The molecule has 0 aliphatic rings. The van der Waals surface area contributed by atoms with Gasteiger partial charge in [-0.3, -0.25) is 4.79 Å². The molecule has 5 aromatic rings. The second kappa shape index (κ2) is 13.1. The number of carboxylic acid groups (broad SMARTS) is 1. The van der Waals surface area contributed by atoms with E-state index in [2.05, 4.69) is 58.3 Å². The third kappa shape index (κ3) is 6.76. The van der Waals surface area contributed by atoms with Gasteiger partial charge in [0.25, 0.3) is 12.7 Å².